The summed E-state index contributed by atoms with van der Waals surface area (Å²) >= 11 is 6.45. The van der Waals surface area contributed by atoms with Gasteiger partial charge in [0, 0.05) is 23.7 Å². The van der Waals surface area contributed by atoms with Gasteiger partial charge in [0.2, 0.25) is 5.54 Å². The lowest BCUT2D eigenvalue weighted by Crippen LogP contribution is -2.52. The molecule has 242 valence electrons. The molecule has 8 nitrogen and oxygen atoms in total. The van der Waals surface area contributed by atoms with E-state index in [0.29, 0.717) is 27.8 Å². The van der Waals surface area contributed by atoms with Gasteiger partial charge in [-0.3, -0.25) is 14.4 Å². The van der Waals surface area contributed by atoms with Crippen molar-refractivity contribution in [3.05, 3.63) is 124 Å². The maximum atomic E-state index is 13.2. The molecule has 1 aliphatic heterocycles. The number of hydrogen-bond acceptors (Lipinski definition) is 6. The zero-order chi connectivity index (χ0) is 33.9. The van der Waals surface area contributed by atoms with Crippen LogP contribution in [0.15, 0.2) is 91.0 Å². The molecule has 1 N–H and O–H groups in total. The normalized spacial score (nSPS) is 15.6. The number of halogens is 4. The van der Waals surface area contributed by atoms with Gasteiger partial charge in [0.1, 0.15) is 6.61 Å². The van der Waals surface area contributed by atoms with Gasteiger partial charge >= 0.3 is 18.1 Å². The second-order valence-electron chi connectivity index (χ2n) is 10.7. The first-order chi connectivity index (χ1) is 22.4. The van der Waals surface area contributed by atoms with Crippen LogP contribution in [-0.2, 0) is 37.2 Å². The number of ether oxygens (including phenoxy) is 2. The van der Waals surface area contributed by atoms with Crippen molar-refractivity contribution in [2.45, 2.75) is 25.1 Å². The predicted octanol–water partition coefficient (Wildman–Crippen LogP) is 6.91. The molecular formula is C35H28ClF3N2O6. The van der Waals surface area contributed by atoms with E-state index in [1.54, 1.807) is 55.5 Å². The van der Waals surface area contributed by atoms with E-state index < -0.39 is 47.6 Å². The molecule has 0 aromatic heterocycles. The summed E-state index contributed by atoms with van der Waals surface area (Å²) in [7, 11) is 1.45. The van der Waals surface area contributed by atoms with E-state index in [1.165, 1.54) is 42.3 Å². The van der Waals surface area contributed by atoms with Gasteiger partial charge in [-0.2, -0.15) is 13.2 Å². The molecule has 12 heteroatoms. The molecule has 0 spiro atoms. The van der Waals surface area contributed by atoms with Gasteiger partial charge in [0.15, 0.2) is 0 Å². The zero-order valence-electron chi connectivity index (χ0n) is 25.2. The first-order valence-corrected chi connectivity index (χ1v) is 14.8. The average molecular weight is 665 g/mol. The first-order valence-electron chi connectivity index (χ1n) is 14.4. The SMILES string of the molecule is CCOC(=O)C1(COC(=O)Cc2ccc(NC(=O)c3ccccc3-c3ccc(C(F)(F)F)cc3)c(Cl)c2)c2ccccc2C(=O)N1C. The number of anilines is 1. The van der Waals surface area contributed by atoms with Gasteiger partial charge in [-0.1, -0.05) is 66.2 Å². The summed E-state index contributed by atoms with van der Waals surface area (Å²) in [5, 5.41) is 2.83. The number of nitrogens with one attached hydrogen (secondary N) is 1. The number of alkyl halides is 3. The number of carbonyl (C=O) groups is 4. The van der Waals surface area contributed by atoms with Crippen molar-refractivity contribution in [2.24, 2.45) is 0 Å². The van der Waals surface area contributed by atoms with Crippen LogP contribution in [-0.4, -0.2) is 48.9 Å². The van der Waals surface area contributed by atoms with Crippen LogP contribution in [0.3, 0.4) is 0 Å². The molecule has 1 aliphatic rings. The number of fused-ring (bicyclic) bond motifs is 1. The summed E-state index contributed by atoms with van der Waals surface area (Å²) in [5.41, 5.74) is -0.0249. The molecule has 5 rings (SSSR count). The van der Waals surface area contributed by atoms with E-state index in [-0.39, 0.29) is 29.3 Å². The van der Waals surface area contributed by atoms with Crippen LogP contribution < -0.4 is 5.32 Å². The van der Waals surface area contributed by atoms with Gasteiger partial charge in [0.25, 0.3) is 11.8 Å². The Bertz CT molecular complexity index is 1860. The van der Waals surface area contributed by atoms with Gasteiger partial charge in [-0.25, -0.2) is 4.79 Å². The molecule has 0 saturated carbocycles. The van der Waals surface area contributed by atoms with E-state index in [1.807, 2.05) is 0 Å². The van der Waals surface area contributed by atoms with Crippen LogP contribution in [0.4, 0.5) is 18.9 Å². The fraction of sp³-hybridized carbons (Fsp3) is 0.200. The smallest absolute Gasteiger partial charge is 0.416 e. The van der Waals surface area contributed by atoms with Crippen molar-refractivity contribution in [3.63, 3.8) is 0 Å². The number of rotatable bonds is 9. The highest BCUT2D eigenvalue weighted by Crippen LogP contribution is 2.40. The predicted molar refractivity (Wildman–Crippen MR) is 168 cm³/mol. The highest BCUT2D eigenvalue weighted by Gasteiger charge is 2.55. The highest BCUT2D eigenvalue weighted by molar-refractivity contribution is 6.34. The summed E-state index contributed by atoms with van der Waals surface area (Å²) < 4.78 is 49.9. The van der Waals surface area contributed by atoms with Crippen LogP contribution >= 0.6 is 11.6 Å². The van der Waals surface area contributed by atoms with Crippen LogP contribution in [0.1, 0.15) is 44.3 Å². The Kier molecular flexibility index (Phi) is 9.39. The van der Waals surface area contributed by atoms with E-state index in [2.05, 4.69) is 5.32 Å². The largest absolute Gasteiger partial charge is 0.464 e. The molecule has 0 saturated heterocycles. The van der Waals surface area contributed by atoms with Crippen LogP contribution in [0.2, 0.25) is 5.02 Å². The number of amides is 2. The molecule has 0 bridgehead atoms. The zero-order valence-corrected chi connectivity index (χ0v) is 25.9. The number of carbonyl (C=O) groups excluding carboxylic acids is 4. The molecule has 4 aromatic rings. The van der Waals surface area contributed by atoms with Gasteiger partial charge in [-0.05, 0) is 60.0 Å². The standard InChI is InChI=1S/C35H28ClF3N2O6/c1-3-46-33(45)34(27-11-7-6-10-26(27)32(44)41(34)2)20-47-30(42)19-21-12-17-29(28(36)18-21)40-31(43)25-9-5-4-8-24(25)22-13-15-23(16-14-22)35(37,38)39/h4-18H,3,19-20H2,1-2H3,(H,40,43). The second kappa shape index (κ2) is 13.3. The Labute approximate surface area is 273 Å². The monoisotopic (exact) mass is 664 g/mol. The molecule has 2 amide bonds. The van der Waals surface area contributed by atoms with Crippen molar-refractivity contribution < 1.29 is 41.8 Å². The van der Waals surface area contributed by atoms with E-state index in [4.69, 9.17) is 21.1 Å². The third-order valence-electron chi connectivity index (χ3n) is 7.86. The lowest BCUT2D eigenvalue weighted by atomic mass is 9.90. The van der Waals surface area contributed by atoms with Crippen LogP contribution in [0.25, 0.3) is 11.1 Å². The summed E-state index contributed by atoms with van der Waals surface area (Å²) in [6.07, 6.45) is -4.72. The van der Waals surface area contributed by atoms with Crippen molar-refractivity contribution in [2.75, 3.05) is 25.6 Å². The number of hydrogen-bond donors (Lipinski definition) is 1. The van der Waals surface area contributed by atoms with Gasteiger partial charge in [-0.15, -0.1) is 0 Å². The highest BCUT2D eigenvalue weighted by atomic mass is 35.5. The van der Waals surface area contributed by atoms with E-state index >= 15 is 0 Å². The molecular weight excluding hydrogens is 637 g/mol. The molecule has 0 radical (unpaired) electrons. The van der Waals surface area contributed by atoms with Crippen molar-refractivity contribution in [3.8, 4) is 11.1 Å². The van der Waals surface area contributed by atoms with Gasteiger partial charge in [0.05, 0.1) is 29.3 Å². The molecule has 1 heterocycles. The lowest BCUT2D eigenvalue weighted by Gasteiger charge is -2.33. The molecule has 0 fully saturated rings. The van der Waals surface area contributed by atoms with Crippen LogP contribution in [0.5, 0.6) is 0 Å². The third kappa shape index (κ3) is 6.57. The molecule has 1 atom stereocenters. The lowest BCUT2D eigenvalue weighted by molar-refractivity contribution is -0.164. The fourth-order valence-corrected chi connectivity index (χ4v) is 5.68. The minimum absolute atomic E-state index is 0.0563. The Balaban J connectivity index is 1.28. The van der Waals surface area contributed by atoms with Crippen LogP contribution in [0, 0.1) is 0 Å². The molecule has 1 unspecified atom stereocenters. The van der Waals surface area contributed by atoms with E-state index in [0.717, 1.165) is 12.1 Å². The number of benzene rings is 4. The maximum absolute atomic E-state index is 13.2. The number of esters is 2. The third-order valence-corrected chi connectivity index (χ3v) is 8.17. The average Bonchev–Trinajstić information content (AvgIpc) is 3.27. The summed E-state index contributed by atoms with van der Waals surface area (Å²) in [6, 6.07) is 22.1. The summed E-state index contributed by atoms with van der Waals surface area (Å²) in [6.45, 7) is 1.22. The minimum Gasteiger partial charge on any atom is -0.464 e. The summed E-state index contributed by atoms with van der Waals surface area (Å²) in [4.78, 5) is 53.5. The Hall–Kier alpha value is -5.16. The fourth-order valence-electron chi connectivity index (χ4n) is 5.43. The maximum Gasteiger partial charge on any atom is 0.416 e. The molecule has 0 aliphatic carbocycles. The first kappa shape index (κ1) is 33.2. The topological polar surface area (TPSA) is 102 Å². The van der Waals surface area contributed by atoms with Crippen molar-refractivity contribution in [1.82, 2.24) is 4.90 Å². The molecule has 4 aromatic carbocycles. The molecule has 47 heavy (non-hydrogen) atoms. The number of nitrogens with zero attached hydrogens (tertiary/aromatic N) is 1. The van der Waals surface area contributed by atoms with Gasteiger partial charge < -0.3 is 19.7 Å². The summed E-state index contributed by atoms with van der Waals surface area (Å²) in [5.74, 6) is -2.38. The van der Waals surface area contributed by atoms with Crippen molar-refractivity contribution >= 4 is 41.0 Å². The minimum atomic E-state index is -4.49. The quantitative estimate of drug-likeness (QED) is 0.195. The Morgan fingerprint density at radius 1 is 0.894 bits per heavy atom. The Morgan fingerprint density at radius 2 is 1.55 bits per heavy atom. The number of likely N-dealkylation sites (N-methyl/N-ethyl adjacent to an activating group) is 1. The second-order valence-corrected chi connectivity index (χ2v) is 11.1. The van der Waals surface area contributed by atoms with Crippen molar-refractivity contribution in [1.29, 1.82) is 0 Å². The Morgan fingerprint density at radius 3 is 2.21 bits per heavy atom. The van der Waals surface area contributed by atoms with E-state index in [9.17, 15) is 32.3 Å².